The van der Waals surface area contributed by atoms with Crippen LogP contribution >= 0.6 is 0 Å². The summed E-state index contributed by atoms with van der Waals surface area (Å²) in [6.45, 7) is 16.1. The van der Waals surface area contributed by atoms with Crippen LogP contribution in [0.3, 0.4) is 0 Å². The number of aliphatic hydroxyl groups excluding tert-OH is 2. The van der Waals surface area contributed by atoms with Gasteiger partial charge in [-0.2, -0.15) is 0 Å². The normalized spacial score (nSPS) is 11.6. The van der Waals surface area contributed by atoms with E-state index in [1.807, 2.05) is 5.32 Å². The highest BCUT2D eigenvalue weighted by molar-refractivity contribution is 5.90. The summed E-state index contributed by atoms with van der Waals surface area (Å²) in [6, 6.07) is 0. The van der Waals surface area contributed by atoms with Crippen LogP contribution in [0.1, 0.15) is 32.1 Å². The minimum atomic E-state index is -1.48. The maximum absolute atomic E-state index is 10.9. The van der Waals surface area contributed by atoms with Crippen LogP contribution in [0.4, 0.5) is 0 Å². The predicted octanol–water partition coefficient (Wildman–Crippen LogP) is 0.750. The molecule has 2 atom stereocenters. The van der Waals surface area contributed by atoms with Crippen molar-refractivity contribution in [2.75, 3.05) is 33.0 Å². The number of hydrogen-bond acceptors (Lipinski definition) is 8. The quantitative estimate of drug-likeness (QED) is 0.113. The van der Waals surface area contributed by atoms with Crippen molar-refractivity contribution in [2.24, 2.45) is 0 Å². The minimum Gasteiger partial charge on any atom is -0.388 e. The fourth-order valence-electron chi connectivity index (χ4n) is 2.09. The molecule has 10 nitrogen and oxygen atoms in total. The van der Waals surface area contributed by atoms with Crippen molar-refractivity contribution in [3.63, 3.8) is 0 Å². The maximum atomic E-state index is 10.9. The molecule has 0 heterocycles. The summed E-state index contributed by atoms with van der Waals surface area (Å²) < 4.78 is 10.7. The molecule has 0 saturated heterocycles. The third-order valence-corrected chi connectivity index (χ3v) is 3.99. The van der Waals surface area contributed by atoms with Crippen LogP contribution < -0.4 is 10.6 Å². The van der Waals surface area contributed by atoms with E-state index in [0.29, 0.717) is 39.4 Å². The number of aliphatic hydroxyl groups is 2. The fraction of sp³-hybridized carbons (Fsp3) is 0.500. The van der Waals surface area contributed by atoms with Crippen molar-refractivity contribution >= 4 is 23.4 Å². The molecule has 0 aliphatic heterocycles. The average Bonchev–Trinajstić information content (AvgIpc) is 2.84. The monoisotopic (exact) mass is 482 g/mol. The van der Waals surface area contributed by atoms with Gasteiger partial charge in [0, 0.05) is 32.6 Å². The molecule has 0 aromatic carbocycles. The first kappa shape index (κ1) is 33.3. The van der Waals surface area contributed by atoms with E-state index in [4.69, 9.17) is 14.6 Å². The SMILES string of the molecule is C=CC(=O)CC(O)C(O)NC(=O)C=C.C=CC(=O)CCCCOCCOCCCNC(=O)C=C. The highest BCUT2D eigenvalue weighted by atomic mass is 16.5. The van der Waals surface area contributed by atoms with E-state index in [-0.39, 0.29) is 18.1 Å². The Kier molecular flexibility index (Phi) is 22.7. The number of carbonyl (C=O) groups is 4. The Morgan fingerprint density at radius 3 is 1.82 bits per heavy atom. The van der Waals surface area contributed by atoms with Gasteiger partial charge in [-0.3, -0.25) is 19.2 Å². The molecule has 0 aromatic heterocycles. The zero-order valence-corrected chi connectivity index (χ0v) is 19.7. The number of carbonyl (C=O) groups excluding carboxylic acids is 4. The Labute approximate surface area is 201 Å². The summed E-state index contributed by atoms with van der Waals surface area (Å²) in [5.41, 5.74) is 0. The van der Waals surface area contributed by atoms with Crippen LogP contribution in [0.15, 0.2) is 50.6 Å². The summed E-state index contributed by atoms with van der Waals surface area (Å²) in [4.78, 5) is 43.2. The van der Waals surface area contributed by atoms with Gasteiger partial charge >= 0.3 is 0 Å². The second-order valence-corrected chi connectivity index (χ2v) is 6.80. The van der Waals surface area contributed by atoms with Gasteiger partial charge in [0.05, 0.1) is 13.2 Å². The van der Waals surface area contributed by atoms with E-state index >= 15 is 0 Å². The smallest absolute Gasteiger partial charge is 0.245 e. The molecule has 10 heteroatoms. The van der Waals surface area contributed by atoms with Crippen LogP contribution in [0, 0.1) is 0 Å². The molecule has 34 heavy (non-hydrogen) atoms. The van der Waals surface area contributed by atoms with Crippen LogP contribution in [-0.4, -0.2) is 78.9 Å². The predicted molar refractivity (Wildman–Crippen MR) is 129 cm³/mol. The average molecular weight is 483 g/mol. The lowest BCUT2D eigenvalue weighted by Crippen LogP contribution is -2.43. The Morgan fingerprint density at radius 2 is 1.29 bits per heavy atom. The van der Waals surface area contributed by atoms with Gasteiger partial charge in [0.1, 0.15) is 6.10 Å². The highest BCUT2D eigenvalue weighted by Gasteiger charge is 2.19. The van der Waals surface area contributed by atoms with Crippen LogP contribution in [0.5, 0.6) is 0 Å². The van der Waals surface area contributed by atoms with E-state index in [1.165, 1.54) is 12.2 Å². The minimum absolute atomic E-state index is 0.0804. The molecule has 2 amide bonds. The van der Waals surface area contributed by atoms with Gasteiger partial charge in [0.25, 0.3) is 0 Å². The number of amides is 2. The zero-order chi connectivity index (χ0) is 26.2. The first-order valence-corrected chi connectivity index (χ1v) is 10.9. The summed E-state index contributed by atoms with van der Waals surface area (Å²) in [5.74, 6) is -1.12. The largest absolute Gasteiger partial charge is 0.388 e. The lowest BCUT2D eigenvalue weighted by atomic mass is 10.1. The molecular formula is C24H38N2O8. The van der Waals surface area contributed by atoms with E-state index in [2.05, 4.69) is 31.6 Å². The molecular weight excluding hydrogens is 444 g/mol. The van der Waals surface area contributed by atoms with Gasteiger partial charge in [-0.05, 0) is 43.6 Å². The molecule has 0 radical (unpaired) electrons. The first-order chi connectivity index (χ1) is 16.2. The Hall–Kier alpha value is -2.92. The zero-order valence-electron chi connectivity index (χ0n) is 19.7. The van der Waals surface area contributed by atoms with Crippen molar-refractivity contribution in [3.05, 3.63) is 50.6 Å². The van der Waals surface area contributed by atoms with Crippen LogP contribution in [0.2, 0.25) is 0 Å². The molecule has 2 unspecified atom stereocenters. The van der Waals surface area contributed by atoms with Crippen molar-refractivity contribution in [2.45, 2.75) is 44.4 Å². The van der Waals surface area contributed by atoms with Gasteiger partial charge in [-0.25, -0.2) is 0 Å². The van der Waals surface area contributed by atoms with Crippen LogP contribution in [0.25, 0.3) is 0 Å². The third-order valence-electron chi connectivity index (χ3n) is 3.99. The number of hydrogen-bond donors (Lipinski definition) is 4. The number of ketones is 2. The Bertz CT molecular complexity index is 607. The standard InChI is InChI=1S/C15H25NO4.C9H13NO4/c1-3-14(17)8-5-6-10-19-12-13-20-11-7-9-16-15(18)4-2;1-3-6(11)5-7(12)9(14)10-8(13)4-2/h3-4H,1-2,5-13H2,(H,16,18);3-4,7,9,12,14H,1-2,5H2,(H,10,13). The molecule has 0 saturated carbocycles. The molecule has 0 aliphatic carbocycles. The van der Waals surface area contributed by atoms with Gasteiger partial charge < -0.3 is 30.3 Å². The summed E-state index contributed by atoms with van der Waals surface area (Å²) >= 11 is 0. The summed E-state index contributed by atoms with van der Waals surface area (Å²) in [6.07, 6.45) is 4.47. The highest BCUT2D eigenvalue weighted by Crippen LogP contribution is 1.99. The molecule has 0 rings (SSSR count). The molecule has 192 valence electrons. The Morgan fingerprint density at radius 1 is 0.735 bits per heavy atom. The van der Waals surface area contributed by atoms with E-state index in [0.717, 1.165) is 31.4 Å². The third kappa shape index (κ3) is 22.3. The summed E-state index contributed by atoms with van der Waals surface area (Å²) in [7, 11) is 0. The number of unbranched alkanes of at least 4 members (excludes halogenated alkanes) is 1. The molecule has 0 aliphatic rings. The topological polar surface area (TPSA) is 151 Å². The number of allylic oxidation sites excluding steroid dienone is 2. The maximum Gasteiger partial charge on any atom is 0.245 e. The number of ether oxygens (including phenoxy) is 2. The fourth-order valence-corrected chi connectivity index (χ4v) is 2.09. The molecule has 4 N–H and O–H groups in total. The molecule has 0 bridgehead atoms. The lowest BCUT2D eigenvalue weighted by molar-refractivity contribution is -0.125. The van der Waals surface area contributed by atoms with Crippen LogP contribution in [-0.2, 0) is 28.7 Å². The first-order valence-electron chi connectivity index (χ1n) is 10.9. The van der Waals surface area contributed by atoms with E-state index in [9.17, 15) is 24.3 Å². The molecule has 0 aromatic rings. The second kappa shape index (κ2) is 23.2. The van der Waals surface area contributed by atoms with Crippen molar-refractivity contribution < 1.29 is 38.9 Å². The van der Waals surface area contributed by atoms with Gasteiger partial charge in [-0.15, -0.1) is 0 Å². The lowest BCUT2D eigenvalue weighted by Gasteiger charge is -2.16. The van der Waals surface area contributed by atoms with Crippen molar-refractivity contribution in [3.8, 4) is 0 Å². The van der Waals surface area contributed by atoms with Gasteiger partial charge in [0.15, 0.2) is 17.8 Å². The summed E-state index contributed by atoms with van der Waals surface area (Å²) in [5, 5.41) is 23.0. The molecule has 0 fully saturated rings. The molecule has 0 spiro atoms. The number of nitrogens with one attached hydrogen (secondary N) is 2. The second-order valence-electron chi connectivity index (χ2n) is 6.80. The van der Waals surface area contributed by atoms with Crippen molar-refractivity contribution in [1.82, 2.24) is 10.6 Å². The number of rotatable bonds is 20. The van der Waals surface area contributed by atoms with E-state index in [1.54, 1.807) is 0 Å². The van der Waals surface area contributed by atoms with E-state index < -0.39 is 24.0 Å². The Balaban J connectivity index is 0. The van der Waals surface area contributed by atoms with Gasteiger partial charge in [0.2, 0.25) is 11.8 Å². The van der Waals surface area contributed by atoms with Gasteiger partial charge in [-0.1, -0.05) is 26.3 Å². The van der Waals surface area contributed by atoms with Crippen molar-refractivity contribution in [1.29, 1.82) is 0 Å².